The molecule has 2 amide bonds. The lowest BCUT2D eigenvalue weighted by Gasteiger charge is -2.25. The van der Waals surface area contributed by atoms with Crippen LogP contribution in [0.15, 0.2) is 18.2 Å². The largest absolute Gasteiger partial charge is 0.496 e. The lowest BCUT2D eigenvalue weighted by molar-refractivity contribution is -0.125. The maximum Gasteiger partial charge on any atom is 0.255 e. The van der Waals surface area contributed by atoms with Gasteiger partial charge in [-0.25, -0.2) is 0 Å². The predicted molar refractivity (Wildman–Crippen MR) is 87.4 cm³/mol. The number of nitrogens with zero attached hydrogens (tertiary/aromatic N) is 1. The number of rotatable bonds is 6. The van der Waals surface area contributed by atoms with Crippen LogP contribution in [-0.2, 0) is 16.1 Å². The summed E-state index contributed by atoms with van der Waals surface area (Å²) >= 11 is 0. The first-order valence-electron chi connectivity index (χ1n) is 7.76. The number of amides is 2. The molecule has 1 aliphatic heterocycles. The second-order valence-corrected chi connectivity index (χ2v) is 4.79. The van der Waals surface area contributed by atoms with Crippen LogP contribution in [0.1, 0.15) is 42.6 Å². The van der Waals surface area contributed by atoms with Crippen molar-refractivity contribution in [1.29, 1.82) is 0 Å². The summed E-state index contributed by atoms with van der Waals surface area (Å²) in [6.45, 7) is 4.31. The van der Waals surface area contributed by atoms with Gasteiger partial charge < -0.3 is 19.7 Å². The number of carbonyl (C=O) groups excluding carboxylic acids is 3. The van der Waals surface area contributed by atoms with Crippen molar-refractivity contribution in [2.24, 2.45) is 0 Å². The third kappa shape index (κ3) is 3.88. The minimum absolute atomic E-state index is 0.205. The molecule has 1 N–H and O–H groups in total. The van der Waals surface area contributed by atoms with Gasteiger partial charge in [0.2, 0.25) is 5.91 Å². The van der Waals surface area contributed by atoms with Crippen LogP contribution in [0.2, 0.25) is 0 Å². The Balaban J connectivity index is 0.00000127. The number of likely N-dealkylation sites (N-methyl/N-ethyl adjacent to an activating group) is 1. The average molecular weight is 320 g/mol. The first-order chi connectivity index (χ1) is 11.1. The lowest BCUT2D eigenvalue weighted by atomic mass is 10.1. The van der Waals surface area contributed by atoms with Gasteiger partial charge in [0.05, 0.1) is 13.7 Å². The van der Waals surface area contributed by atoms with Crippen LogP contribution in [0.4, 0.5) is 0 Å². The molecule has 1 aliphatic rings. The van der Waals surface area contributed by atoms with E-state index in [-0.39, 0.29) is 18.2 Å². The van der Waals surface area contributed by atoms with E-state index in [0.717, 1.165) is 11.8 Å². The number of nitrogens with one attached hydrogen (secondary N) is 1. The number of hydrogen-bond donors (Lipinski definition) is 1. The molecule has 0 spiro atoms. The van der Waals surface area contributed by atoms with Gasteiger partial charge in [-0.15, -0.1) is 0 Å². The number of hydrogen-bond acceptors (Lipinski definition) is 4. The third-order valence-corrected chi connectivity index (χ3v) is 3.66. The molecule has 6 nitrogen and oxygen atoms in total. The van der Waals surface area contributed by atoms with Crippen LogP contribution in [0.3, 0.4) is 0 Å². The molecule has 0 radical (unpaired) electrons. The molecule has 2 rings (SSSR count). The van der Waals surface area contributed by atoms with Gasteiger partial charge in [-0.3, -0.25) is 9.59 Å². The molecule has 1 atom stereocenters. The van der Waals surface area contributed by atoms with Gasteiger partial charge in [0.25, 0.3) is 5.91 Å². The van der Waals surface area contributed by atoms with E-state index in [0.29, 0.717) is 24.3 Å². The van der Waals surface area contributed by atoms with Crippen LogP contribution in [0, 0.1) is 0 Å². The maximum atomic E-state index is 12.5. The summed E-state index contributed by atoms with van der Waals surface area (Å²) in [5, 5.41) is 2.55. The number of carbonyl (C=O) groups is 3. The Hall–Kier alpha value is -2.37. The zero-order valence-electron chi connectivity index (χ0n) is 14.1. The molecule has 23 heavy (non-hydrogen) atoms. The highest BCUT2D eigenvalue weighted by molar-refractivity contribution is 6.01. The van der Waals surface area contributed by atoms with Gasteiger partial charge in [0, 0.05) is 24.6 Å². The molecule has 0 saturated carbocycles. The maximum absolute atomic E-state index is 12.5. The Labute approximate surface area is 136 Å². The van der Waals surface area contributed by atoms with Crippen LogP contribution in [0.25, 0.3) is 0 Å². The van der Waals surface area contributed by atoms with Crippen molar-refractivity contribution in [3.63, 3.8) is 0 Å². The van der Waals surface area contributed by atoms with E-state index in [1.54, 1.807) is 25.3 Å². The second-order valence-electron chi connectivity index (χ2n) is 4.79. The van der Waals surface area contributed by atoms with E-state index in [4.69, 9.17) is 4.74 Å². The minimum atomic E-state index is -0.648. The summed E-state index contributed by atoms with van der Waals surface area (Å²) < 4.78 is 5.27. The summed E-state index contributed by atoms with van der Waals surface area (Å²) in [4.78, 5) is 36.6. The van der Waals surface area contributed by atoms with E-state index >= 15 is 0 Å². The van der Waals surface area contributed by atoms with Gasteiger partial charge in [0.15, 0.2) is 0 Å². The predicted octanol–water partition coefficient (Wildman–Crippen LogP) is 1.77. The summed E-state index contributed by atoms with van der Waals surface area (Å²) in [6, 6.07) is 4.61. The Morgan fingerprint density at radius 3 is 2.70 bits per heavy atom. The first-order valence-corrected chi connectivity index (χ1v) is 7.76. The van der Waals surface area contributed by atoms with Crippen molar-refractivity contribution < 1.29 is 19.1 Å². The molecule has 1 unspecified atom stereocenters. The van der Waals surface area contributed by atoms with Crippen molar-refractivity contribution in [2.75, 3.05) is 14.2 Å². The fraction of sp³-hybridized carbons (Fsp3) is 0.471. The van der Waals surface area contributed by atoms with Crippen molar-refractivity contribution >= 4 is 18.1 Å². The Kier molecular flexibility index (Phi) is 7.25. The van der Waals surface area contributed by atoms with E-state index in [9.17, 15) is 14.4 Å². The first kappa shape index (κ1) is 18.7. The van der Waals surface area contributed by atoms with E-state index in [2.05, 4.69) is 5.32 Å². The van der Waals surface area contributed by atoms with Crippen LogP contribution >= 0.6 is 0 Å². The van der Waals surface area contributed by atoms with Gasteiger partial charge in [-0.05, 0) is 18.6 Å². The van der Waals surface area contributed by atoms with Crippen molar-refractivity contribution in [2.45, 2.75) is 39.3 Å². The molecule has 126 valence electrons. The minimum Gasteiger partial charge on any atom is -0.496 e. The third-order valence-electron chi connectivity index (χ3n) is 3.66. The summed E-state index contributed by atoms with van der Waals surface area (Å²) in [5.41, 5.74) is 1.33. The molecule has 0 fully saturated rings. The van der Waals surface area contributed by atoms with E-state index < -0.39 is 6.04 Å². The van der Waals surface area contributed by atoms with Gasteiger partial charge in [0.1, 0.15) is 18.1 Å². The van der Waals surface area contributed by atoms with E-state index in [1.807, 2.05) is 13.8 Å². The fourth-order valence-corrected chi connectivity index (χ4v) is 2.59. The average Bonchev–Trinajstić information content (AvgIpc) is 2.93. The highest BCUT2D eigenvalue weighted by Gasteiger charge is 2.37. The molecule has 1 heterocycles. The fourth-order valence-electron chi connectivity index (χ4n) is 2.59. The van der Waals surface area contributed by atoms with Gasteiger partial charge >= 0.3 is 0 Å². The Morgan fingerprint density at radius 1 is 1.43 bits per heavy atom. The quantitative estimate of drug-likeness (QED) is 0.811. The summed E-state index contributed by atoms with van der Waals surface area (Å²) in [6.07, 6.45) is 1.30. The van der Waals surface area contributed by atoms with Crippen molar-refractivity contribution in [3.05, 3.63) is 29.3 Å². The Bertz CT molecular complexity index is 572. The van der Waals surface area contributed by atoms with Crippen molar-refractivity contribution in [3.8, 4) is 5.75 Å². The zero-order chi connectivity index (χ0) is 17.4. The smallest absolute Gasteiger partial charge is 0.255 e. The summed E-state index contributed by atoms with van der Waals surface area (Å²) in [7, 11) is 3.07. The molecule has 6 heteroatoms. The van der Waals surface area contributed by atoms with Crippen LogP contribution in [-0.4, -0.2) is 43.2 Å². The van der Waals surface area contributed by atoms with Crippen LogP contribution < -0.4 is 10.1 Å². The molecule has 1 aromatic rings. The normalized spacial score (nSPS) is 13.6. The summed E-state index contributed by atoms with van der Waals surface area (Å²) in [5.74, 6) is 0.162. The number of ether oxygens (including phenoxy) is 1. The number of methoxy groups -OCH3 is 1. The standard InChI is InChI=1S/C15H18N2O4.C2H6/c1-16-14(19)12(6-4-8-18)17-9-11-10(15(17)20)5-3-7-13(11)21-2;1-2/h3,5,7-8,12H,4,6,9H2,1-2H3,(H,16,19);1-2H3. The highest BCUT2D eigenvalue weighted by atomic mass is 16.5. The van der Waals surface area contributed by atoms with Gasteiger partial charge in [-0.2, -0.15) is 0 Å². The molecule has 0 aromatic heterocycles. The molecule has 1 aromatic carbocycles. The SMILES string of the molecule is CC.CNC(=O)C(CCC=O)N1Cc2c(OC)cccc2C1=O. The van der Waals surface area contributed by atoms with Crippen molar-refractivity contribution in [1.82, 2.24) is 10.2 Å². The topological polar surface area (TPSA) is 75.7 Å². The van der Waals surface area contributed by atoms with Crippen LogP contribution in [0.5, 0.6) is 5.75 Å². The number of benzene rings is 1. The molecule has 0 aliphatic carbocycles. The second kappa shape index (κ2) is 8.92. The van der Waals surface area contributed by atoms with E-state index in [1.165, 1.54) is 11.9 Å². The molecular formula is C17H24N2O4. The Morgan fingerprint density at radius 2 is 2.13 bits per heavy atom. The molecule has 0 bridgehead atoms. The number of fused-ring (bicyclic) bond motifs is 1. The lowest BCUT2D eigenvalue weighted by Crippen LogP contribution is -2.46. The van der Waals surface area contributed by atoms with Gasteiger partial charge in [-0.1, -0.05) is 19.9 Å². The highest BCUT2D eigenvalue weighted by Crippen LogP contribution is 2.32. The zero-order valence-corrected chi connectivity index (χ0v) is 14.1. The molecular weight excluding hydrogens is 296 g/mol. The monoisotopic (exact) mass is 320 g/mol. The molecule has 0 saturated heterocycles. The number of aldehydes is 1.